The van der Waals surface area contributed by atoms with Gasteiger partial charge in [-0.25, -0.2) is 13.6 Å². The molecule has 0 aliphatic heterocycles. The SMILES string of the molecule is Cc1ccc(NC(=O)Cn2ncn3nc(-c4cc(C)ccc4C)cc3c2=O)c(F)c1. The lowest BCUT2D eigenvalue weighted by molar-refractivity contribution is -0.117. The number of fused-ring (bicyclic) bond motifs is 1. The summed E-state index contributed by atoms with van der Waals surface area (Å²) in [4.78, 5) is 25.1. The molecule has 0 spiro atoms. The number of halogens is 1. The van der Waals surface area contributed by atoms with E-state index in [2.05, 4.69) is 15.5 Å². The number of aryl methyl sites for hydroxylation is 3. The number of nitrogens with zero attached hydrogens (tertiary/aromatic N) is 4. The summed E-state index contributed by atoms with van der Waals surface area (Å²) in [6, 6.07) is 12.2. The van der Waals surface area contributed by atoms with E-state index >= 15 is 0 Å². The summed E-state index contributed by atoms with van der Waals surface area (Å²) in [5, 5.41) is 10.9. The molecule has 1 N–H and O–H groups in total. The number of amides is 1. The summed E-state index contributed by atoms with van der Waals surface area (Å²) < 4.78 is 16.4. The van der Waals surface area contributed by atoms with Gasteiger partial charge >= 0.3 is 0 Å². The quantitative estimate of drug-likeness (QED) is 0.565. The number of hydrogen-bond donors (Lipinski definition) is 1. The molecular formula is C22H20FN5O2. The number of hydrogen-bond acceptors (Lipinski definition) is 4. The second-order valence-electron chi connectivity index (χ2n) is 7.30. The Hall–Kier alpha value is -3.81. The van der Waals surface area contributed by atoms with Gasteiger partial charge in [-0.1, -0.05) is 23.8 Å². The van der Waals surface area contributed by atoms with Crippen molar-refractivity contribution >= 4 is 17.1 Å². The van der Waals surface area contributed by atoms with Crippen LogP contribution in [0.15, 0.2) is 53.6 Å². The van der Waals surface area contributed by atoms with Crippen LogP contribution in [-0.2, 0) is 11.3 Å². The van der Waals surface area contributed by atoms with Crippen LogP contribution in [0.2, 0.25) is 0 Å². The van der Waals surface area contributed by atoms with Crippen molar-refractivity contribution in [3.63, 3.8) is 0 Å². The Morgan fingerprint density at radius 1 is 1.07 bits per heavy atom. The van der Waals surface area contributed by atoms with Crippen LogP contribution in [0.4, 0.5) is 10.1 Å². The lowest BCUT2D eigenvalue weighted by Crippen LogP contribution is -2.30. The van der Waals surface area contributed by atoms with E-state index in [1.54, 1.807) is 19.1 Å². The lowest BCUT2D eigenvalue weighted by Gasteiger charge is -2.08. The normalized spacial score (nSPS) is 11.1. The summed E-state index contributed by atoms with van der Waals surface area (Å²) in [6.45, 7) is 5.38. The monoisotopic (exact) mass is 405 g/mol. The average molecular weight is 405 g/mol. The second kappa shape index (κ2) is 7.55. The highest BCUT2D eigenvalue weighted by molar-refractivity contribution is 5.90. The summed E-state index contributed by atoms with van der Waals surface area (Å²) >= 11 is 0. The Morgan fingerprint density at radius 2 is 1.80 bits per heavy atom. The van der Waals surface area contributed by atoms with Gasteiger partial charge in [0.2, 0.25) is 5.91 Å². The van der Waals surface area contributed by atoms with Gasteiger partial charge in [0.05, 0.1) is 11.4 Å². The van der Waals surface area contributed by atoms with Gasteiger partial charge in [-0.05, 0) is 56.2 Å². The van der Waals surface area contributed by atoms with Crippen molar-refractivity contribution in [3.8, 4) is 11.3 Å². The Balaban J connectivity index is 1.62. The zero-order valence-corrected chi connectivity index (χ0v) is 16.8. The number of rotatable bonds is 4. The highest BCUT2D eigenvalue weighted by Gasteiger charge is 2.14. The fourth-order valence-electron chi connectivity index (χ4n) is 3.24. The standard InChI is InChI=1S/C22H20FN5O2/c1-13-4-6-15(3)16(8-13)19-10-20-22(30)27(24-12-28(20)26-19)11-21(29)25-18-7-5-14(2)9-17(18)23/h4-10,12H,11H2,1-3H3,(H,25,29). The fourth-order valence-corrected chi connectivity index (χ4v) is 3.24. The molecule has 0 saturated heterocycles. The third-order valence-corrected chi connectivity index (χ3v) is 4.85. The number of carbonyl (C=O) groups is 1. The van der Waals surface area contributed by atoms with Crippen molar-refractivity contribution < 1.29 is 9.18 Å². The summed E-state index contributed by atoms with van der Waals surface area (Å²) in [5.41, 5.74) is 4.35. The number of nitrogens with one attached hydrogen (secondary N) is 1. The van der Waals surface area contributed by atoms with Crippen LogP contribution in [-0.4, -0.2) is 25.3 Å². The minimum absolute atomic E-state index is 0.0567. The first-order valence-electron chi connectivity index (χ1n) is 9.41. The summed E-state index contributed by atoms with van der Waals surface area (Å²) in [6.07, 6.45) is 1.38. The molecule has 0 saturated carbocycles. The first kappa shape index (κ1) is 19.5. The van der Waals surface area contributed by atoms with E-state index in [1.807, 2.05) is 32.0 Å². The Bertz CT molecular complexity index is 1340. The van der Waals surface area contributed by atoms with Gasteiger partial charge in [-0.15, -0.1) is 0 Å². The number of aromatic nitrogens is 4. The fraction of sp³-hybridized carbons (Fsp3) is 0.182. The van der Waals surface area contributed by atoms with E-state index in [9.17, 15) is 14.0 Å². The van der Waals surface area contributed by atoms with E-state index in [0.29, 0.717) is 11.2 Å². The van der Waals surface area contributed by atoms with Crippen LogP contribution in [0, 0.1) is 26.6 Å². The molecular weight excluding hydrogens is 385 g/mol. The first-order chi connectivity index (χ1) is 14.3. The highest BCUT2D eigenvalue weighted by Crippen LogP contribution is 2.23. The van der Waals surface area contributed by atoms with Gasteiger partial charge < -0.3 is 5.32 Å². The minimum atomic E-state index is -0.550. The van der Waals surface area contributed by atoms with Crippen molar-refractivity contribution in [1.82, 2.24) is 19.4 Å². The molecule has 0 aliphatic carbocycles. The third-order valence-electron chi connectivity index (χ3n) is 4.85. The predicted octanol–water partition coefficient (Wildman–Crippen LogP) is 3.26. The molecule has 2 aromatic heterocycles. The minimum Gasteiger partial charge on any atom is -0.322 e. The Kier molecular flexibility index (Phi) is 4.91. The summed E-state index contributed by atoms with van der Waals surface area (Å²) in [5.74, 6) is -1.08. The Morgan fingerprint density at radius 3 is 2.57 bits per heavy atom. The van der Waals surface area contributed by atoms with Crippen molar-refractivity contribution in [2.75, 3.05) is 5.32 Å². The largest absolute Gasteiger partial charge is 0.322 e. The molecule has 0 aliphatic rings. The van der Waals surface area contributed by atoms with Crippen molar-refractivity contribution in [2.24, 2.45) is 0 Å². The molecule has 8 heteroatoms. The van der Waals surface area contributed by atoms with Gasteiger partial charge in [0.1, 0.15) is 24.2 Å². The highest BCUT2D eigenvalue weighted by atomic mass is 19.1. The molecule has 2 aromatic carbocycles. The molecule has 0 unspecified atom stereocenters. The second-order valence-corrected chi connectivity index (χ2v) is 7.30. The number of benzene rings is 2. The van der Waals surface area contributed by atoms with Gasteiger partial charge in [0.15, 0.2) is 0 Å². The molecule has 0 bridgehead atoms. The van der Waals surface area contributed by atoms with Crippen LogP contribution in [0.5, 0.6) is 0 Å². The summed E-state index contributed by atoms with van der Waals surface area (Å²) in [7, 11) is 0. The number of carbonyl (C=O) groups excluding carboxylic acids is 1. The van der Waals surface area contributed by atoms with Crippen LogP contribution >= 0.6 is 0 Å². The van der Waals surface area contributed by atoms with Crippen molar-refractivity contribution in [2.45, 2.75) is 27.3 Å². The maximum Gasteiger partial charge on any atom is 0.293 e. The van der Waals surface area contributed by atoms with Gasteiger partial charge in [0.25, 0.3) is 5.56 Å². The van der Waals surface area contributed by atoms with Crippen molar-refractivity contribution in [3.05, 3.63) is 81.7 Å². The van der Waals surface area contributed by atoms with Gasteiger partial charge in [-0.3, -0.25) is 9.59 Å². The average Bonchev–Trinajstić information content (AvgIpc) is 3.13. The molecule has 4 aromatic rings. The molecule has 0 fully saturated rings. The van der Waals surface area contributed by atoms with E-state index in [-0.39, 0.29) is 12.2 Å². The Labute approximate surface area is 171 Å². The van der Waals surface area contributed by atoms with E-state index in [0.717, 1.165) is 26.9 Å². The van der Waals surface area contributed by atoms with E-state index in [4.69, 9.17) is 0 Å². The zero-order valence-electron chi connectivity index (χ0n) is 16.8. The predicted molar refractivity (Wildman–Crippen MR) is 112 cm³/mol. The van der Waals surface area contributed by atoms with Crippen LogP contribution < -0.4 is 10.9 Å². The van der Waals surface area contributed by atoms with Gasteiger partial charge in [0, 0.05) is 5.56 Å². The topological polar surface area (TPSA) is 81.3 Å². The van der Waals surface area contributed by atoms with Crippen LogP contribution in [0.25, 0.3) is 16.8 Å². The molecule has 7 nitrogen and oxygen atoms in total. The van der Waals surface area contributed by atoms with E-state index < -0.39 is 17.3 Å². The third kappa shape index (κ3) is 3.71. The maximum absolute atomic E-state index is 14.0. The van der Waals surface area contributed by atoms with Crippen molar-refractivity contribution in [1.29, 1.82) is 0 Å². The number of anilines is 1. The van der Waals surface area contributed by atoms with Gasteiger partial charge in [-0.2, -0.15) is 10.2 Å². The maximum atomic E-state index is 14.0. The molecule has 2 heterocycles. The molecule has 152 valence electrons. The van der Waals surface area contributed by atoms with Crippen LogP contribution in [0.1, 0.15) is 16.7 Å². The zero-order chi connectivity index (χ0) is 21.4. The first-order valence-corrected chi connectivity index (χ1v) is 9.41. The molecule has 1 amide bonds. The molecule has 4 rings (SSSR count). The lowest BCUT2D eigenvalue weighted by atomic mass is 10.0. The van der Waals surface area contributed by atoms with E-state index in [1.165, 1.54) is 23.0 Å². The van der Waals surface area contributed by atoms with Crippen LogP contribution in [0.3, 0.4) is 0 Å². The smallest absolute Gasteiger partial charge is 0.293 e. The molecule has 30 heavy (non-hydrogen) atoms. The molecule has 0 atom stereocenters. The molecule has 0 radical (unpaired) electrons.